The molecule has 15 heavy (non-hydrogen) atoms. The molecule has 2 aromatic rings. The monoisotopic (exact) mass is 214 g/mol. The van der Waals surface area contributed by atoms with Gasteiger partial charge in [-0.1, -0.05) is 30.3 Å². The molecule has 4 heteroatoms. The maximum absolute atomic E-state index is 13.1. The van der Waals surface area contributed by atoms with E-state index in [0.29, 0.717) is 5.39 Å². The van der Waals surface area contributed by atoms with Gasteiger partial charge < -0.3 is 0 Å². The standard InChI is InChI=1S/C11H6F4/c12-9-6-5-7-3-1-2-4-8(7)10(9)11(13,14)15/h1-6H. The molecule has 0 atom stereocenters. The van der Waals surface area contributed by atoms with Gasteiger partial charge in [0.05, 0.1) is 5.56 Å². The molecule has 0 nitrogen and oxygen atoms in total. The fourth-order valence-corrected chi connectivity index (χ4v) is 1.53. The van der Waals surface area contributed by atoms with E-state index in [1.807, 2.05) is 0 Å². The topological polar surface area (TPSA) is 0 Å². The van der Waals surface area contributed by atoms with Crippen molar-refractivity contribution in [2.45, 2.75) is 6.18 Å². The van der Waals surface area contributed by atoms with E-state index >= 15 is 0 Å². The summed E-state index contributed by atoms with van der Waals surface area (Å²) in [5.41, 5.74) is -1.19. The first-order valence-corrected chi connectivity index (χ1v) is 4.24. The maximum atomic E-state index is 13.1. The summed E-state index contributed by atoms with van der Waals surface area (Å²) in [6.07, 6.45) is -4.66. The van der Waals surface area contributed by atoms with E-state index in [4.69, 9.17) is 0 Å². The molecule has 2 rings (SSSR count). The highest BCUT2D eigenvalue weighted by atomic mass is 19.4. The van der Waals surface area contributed by atoms with Crippen LogP contribution in [0.2, 0.25) is 0 Å². The van der Waals surface area contributed by atoms with Crippen LogP contribution in [0.15, 0.2) is 36.4 Å². The first kappa shape index (κ1) is 9.96. The van der Waals surface area contributed by atoms with Gasteiger partial charge in [0.15, 0.2) is 0 Å². The van der Waals surface area contributed by atoms with Crippen molar-refractivity contribution >= 4 is 10.8 Å². The zero-order valence-electron chi connectivity index (χ0n) is 7.48. The van der Waals surface area contributed by atoms with Gasteiger partial charge >= 0.3 is 6.18 Å². The molecule has 0 aromatic heterocycles. The Morgan fingerprint density at radius 3 is 2.20 bits per heavy atom. The van der Waals surface area contributed by atoms with Crippen LogP contribution in [0.1, 0.15) is 5.56 Å². The van der Waals surface area contributed by atoms with Gasteiger partial charge in [0.25, 0.3) is 0 Å². The van der Waals surface area contributed by atoms with Gasteiger partial charge in [0.1, 0.15) is 5.82 Å². The molecule has 0 bridgehead atoms. The molecule has 0 saturated heterocycles. The molecule has 0 spiro atoms. The lowest BCUT2D eigenvalue weighted by Gasteiger charge is -2.11. The Hall–Kier alpha value is -1.58. The van der Waals surface area contributed by atoms with Crippen LogP contribution >= 0.6 is 0 Å². The summed E-state index contributed by atoms with van der Waals surface area (Å²) in [5, 5.41) is 0.274. The van der Waals surface area contributed by atoms with Gasteiger partial charge in [-0.25, -0.2) is 4.39 Å². The van der Waals surface area contributed by atoms with E-state index in [1.165, 1.54) is 24.3 Å². The lowest BCUT2D eigenvalue weighted by molar-refractivity contribution is -0.138. The molecule has 0 fully saturated rings. The van der Waals surface area contributed by atoms with Gasteiger partial charge in [0.2, 0.25) is 0 Å². The van der Waals surface area contributed by atoms with Crippen molar-refractivity contribution in [3.05, 3.63) is 47.8 Å². The number of hydrogen-bond donors (Lipinski definition) is 0. The molecule has 0 amide bonds. The third kappa shape index (κ3) is 1.67. The molecule has 0 unspecified atom stereocenters. The lowest BCUT2D eigenvalue weighted by Crippen LogP contribution is -2.08. The largest absolute Gasteiger partial charge is 0.419 e. The first-order valence-electron chi connectivity index (χ1n) is 4.24. The molecule has 2 aromatic carbocycles. The zero-order valence-corrected chi connectivity index (χ0v) is 7.48. The van der Waals surface area contributed by atoms with Crippen LogP contribution in [0.4, 0.5) is 17.6 Å². The van der Waals surface area contributed by atoms with Crippen LogP contribution in [0.25, 0.3) is 10.8 Å². The van der Waals surface area contributed by atoms with E-state index in [1.54, 1.807) is 6.07 Å². The molecule has 78 valence electrons. The average molecular weight is 214 g/mol. The fourth-order valence-electron chi connectivity index (χ4n) is 1.53. The Kier molecular flexibility index (Phi) is 2.14. The second-order valence-corrected chi connectivity index (χ2v) is 3.14. The number of halogens is 4. The second kappa shape index (κ2) is 3.22. The Balaban J connectivity index is 2.86. The van der Waals surface area contributed by atoms with Gasteiger partial charge in [-0.2, -0.15) is 13.2 Å². The number of alkyl halides is 3. The third-order valence-corrected chi connectivity index (χ3v) is 2.16. The van der Waals surface area contributed by atoms with Crippen LogP contribution < -0.4 is 0 Å². The van der Waals surface area contributed by atoms with Crippen molar-refractivity contribution in [2.24, 2.45) is 0 Å². The normalized spacial score (nSPS) is 12.0. The quantitative estimate of drug-likeness (QED) is 0.581. The molecule has 0 radical (unpaired) electrons. The highest BCUT2D eigenvalue weighted by Crippen LogP contribution is 2.36. The summed E-state index contributed by atoms with van der Waals surface area (Å²) in [4.78, 5) is 0. The van der Waals surface area contributed by atoms with Gasteiger partial charge in [-0.15, -0.1) is 0 Å². The smallest absolute Gasteiger partial charge is 0.206 e. The van der Waals surface area contributed by atoms with Crippen molar-refractivity contribution in [2.75, 3.05) is 0 Å². The van der Waals surface area contributed by atoms with Crippen molar-refractivity contribution in [3.8, 4) is 0 Å². The van der Waals surface area contributed by atoms with Crippen LogP contribution in [-0.4, -0.2) is 0 Å². The summed E-state index contributed by atoms with van der Waals surface area (Å²) in [6, 6.07) is 8.02. The van der Waals surface area contributed by atoms with Gasteiger partial charge in [-0.3, -0.25) is 0 Å². The first-order chi connectivity index (χ1) is 7.00. The average Bonchev–Trinajstić information content (AvgIpc) is 2.15. The Morgan fingerprint density at radius 1 is 0.867 bits per heavy atom. The molecule has 0 aliphatic carbocycles. The third-order valence-electron chi connectivity index (χ3n) is 2.16. The molecule has 0 aliphatic heterocycles. The minimum absolute atomic E-state index is 0.106. The highest BCUT2D eigenvalue weighted by Gasteiger charge is 2.35. The molecule has 0 saturated carbocycles. The Bertz CT molecular complexity index is 499. The van der Waals surface area contributed by atoms with E-state index in [0.717, 1.165) is 6.07 Å². The molecular formula is C11H6F4. The summed E-state index contributed by atoms with van der Waals surface area (Å²) in [6.45, 7) is 0. The summed E-state index contributed by atoms with van der Waals surface area (Å²) < 4.78 is 50.7. The highest BCUT2D eigenvalue weighted by molar-refractivity contribution is 5.86. The molecule has 0 heterocycles. The van der Waals surface area contributed by atoms with Crippen LogP contribution in [-0.2, 0) is 6.18 Å². The summed E-state index contributed by atoms with van der Waals surface area (Å²) >= 11 is 0. The van der Waals surface area contributed by atoms with Crippen LogP contribution in [0, 0.1) is 5.82 Å². The van der Waals surface area contributed by atoms with Crippen molar-refractivity contribution in [3.63, 3.8) is 0 Å². The van der Waals surface area contributed by atoms with E-state index in [-0.39, 0.29) is 5.39 Å². The molecular weight excluding hydrogens is 208 g/mol. The zero-order chi connectivity index (χ0) is 11.1. The van der Waals surface area contributed by atoms with Crippen LogP contribution in [0.3, 0.4) is 0 Å². The SMILES string of the molecule is Fc1ccc2ccccc2c1C(F)(F)F. The Morgan fingerprint density at radius 2 is 1.53 bits per heavy atom. The summed E-state index contributed by atoms with van der Waals surface area (Å²) in [7, 11) is 0. The van der Waals surface area contributed by atoms with Crippen molar-refractivity contribution in [1.82, 2.24) is 0 Å². The van der Waals surface area contributed by atoms with E-state index in [2.05, 4.69) is 0 Å². The number of rotatable bonds is 0. The summed E-state index contributed by atoms with van der Waals surface area (Å²) in [5.74, 6) is -1.24. The van der Waals surface area contributed by atoms with E-state index in [9.17, 15) is 17.6 Å². The Labute approximate surface area is 83.1 Å². The maximum Gasteiger partial charge on any atom is 0.419 e. The molecule has 0 aliphatic rings. The van der Waals surface area contributed by atoms with E-state index < -0.39 is 17.6 Å². The van der Waals surface area contributed by atoms with Crippen molar-refractivity contribution in [1.29, 1.82) is 0 Å². The van der Waals surface area contributed by atoms with Gasteiger partial charge in [0, 0.05) is 0 Å². The minimum atomic E-state index is -4.66. The fraction of sp³-hybridized carbons (Fsp3) is 0.0909. The number of benzene rings is 2. The minimum Gasteiger partial charge on any atom is -0.206 e. The number of fused-ring (bicyclic) bond motifs is 1. The van der Waals surface area contributed by atoms with Crippen LogP contribution in [0.5, 0.6) is 0 Å². The predicted molar refractivity (Wildman–Crippen MR) is 48.9 cm³/mol. The predicted octanol–water partition coefficient (Wildman–Crippen LogP) is 4.00. The molecule has 0 N–H and O–H groups in total. The number of hydrogen-bond acceptors (Lipinski definition) is 0. The second-order valence-electron chi connectivity index (χ2n) is 3.14. The van der Waals surface area contributed by atoms with Gasteiger partial charge in [-0.05, 0) is 16.8 Å². The van der Waals surface area contributed by atoms with Crippen molar-refractivity contribution < 1.29 is 17.6 Å². The lowest BCUT2D eigenvalue weighted by atomic mass is 10.0.